The van der Waals surface area contributed by atoms with Crippen molar-refractivity contribution in [2.75, 3.05) is 4.90 Å². The predicted octanol–water partition coefficient (Wildman–Crippen LogP) is 13.2. The molecule has 0 bridgehead atoms. The largest absolute Gasteiger partial charge is 0.455 e. The Labute approximate surface area is 279 Å². The van der Waals surface area contributed by atoms with Crippen molar-refractivity contribution in [3.8, 4) is 33.4 Å². The van der Waals surface area contributed by atoms with Crippen molar-refractivity contribution < 1.29 is 4.42 Å². The molecule has 0 aliphatic carbocycles. The normalized spacial score (nSPS) is 11.3. The maximum Gasteiger partial charge on any atom is 0.143 e. The highest BCUT2D eigenvalue weighted by Gasteiger charge is 2.18. The van der Waals surface area contributed by atoms with Crippen LogP contribution in [0.1, 0.15) is 0 Å². The zero-order valence-corrected chi connectivity index (χ0v) is 26.3. The van der Waals surface area contributed by atoms with Crippen LogP contribution >= 0.6 is 0 Å². The summed E-state index contributed by atoms with van der Waals surface area (Å²) in [6.07, 6.45) is 0. The van der Waals surface area contributed by atoms with Crippen LogP contribution < -0.4 is 4.90 Å². The molecule has 0 amide bonds. The van der Waals surface area contributed by atoms with Gasteiger partial charge in [-0.1, -0.05) is 158 Å². The van der Waals surface area contributed by atoms with Crippen LogP contribution in [0.25, 0.3) is 66.1 Å². The molecule has 0 aliphatic rings. The highest BCUT2D eigenvalue weighted by Crippen LogP contribution is 2.42. The zero-order chi connectivity index (χ0) is 31.9. The van der Waals surface area contributed by atoms with E-state index in [2.05, 4.69) is 187 Å². The van der Waals surface area contributed by atoms with Gasteiger partial charge >= 0.3 is 0 Å². The zero-order valence-electron chi connectivity index (χ0n) is 26.3. The van der Waals surface area contributed by atoms with Crippen LogP contribution in [0, 0.1) is 0 Å². The number of anilines is 3. The number of fused-ring (bicyclic) bond motifs is 4. The molecule has 9 rings (SSSR count). The number of hydrogen-bond donors (Lipinski definition) is 0. The molecule has 48 heavy (non-hydrogen) atoms. The molecule has 1 heterocycles. The predicted molar refractivity (Wildman–Crippen MR) is 202 cm³/mol. The van der Waals surface area contributed by atoms with Gasteiger partial charge in [0.2, 0.25) is 0 Å². The second-order valence-electron chi connectivity index (χ2n) is 12.1. The van der Waals surface area contributed by atoms with Crippen LogP contribution in [0.5, 0.6) is 0 Å². The lowest BCUT2D eigenvalue weighted by Gasteiger charge is -2.27. The van der Waals surface area contributed by atoms with Crippen molar-refractivity contribution in [1.29, 1.82) is 0 Å². The van der Waals surface area contributed by atoms with Gasteiger partial charge in [0, 0.05) is 38.7 Å². The second-order valence-corrected chi connectivity index (χ2v) is 12.1. The molecule has 2 nitrogen and oxygen atoms in total. The van der Waals surface area contributed by atoms with Crippen LogP contribution in [0.15, 0.2) is 192 Å². The molecule has 8 aromatic carbocycles. The molecule has 0 atom stereocenters. The van der Waals surface area contributed by atoms with E-state index in [4.69, 9.17) is 4.42 Å². The number of para-hydroxylation sites is 2. The lowest BCUT2D eigenvalue weighted by molar-refractivity contribution is 0.671. The Hall–Kier alpha value is -6.38. The summed E-state index contributed by atoms with van der Waals surface area (Å²) in [4.78, 5) is 2.36. The van der Waals surface area contributed by atoms with Gasteiger partial charge in [-0.3, -0.25) is 0 Å². The van der Waals surface area contributed by atoms with Crippen molar-refractivity contribution in [2.45, 2.75) is 0 Å². The summed E-state index contributed by atoms with van der Waals surface area (Å²) in [7, 11) is 0. The van der Waals surface area contributed by atoms with E-state index in [0.29, 0.717) is 0 Å². The van der Waals surface area contributed by atoms with E-state index in [9.17, 15) is 0 Å². The molecule has 0 spiro atoms. The molecule has 1 aromatic heterocycles. The number of furan rings is 1. The first-order valence-corrected chi connectivity index (χ1v) is 16.4. The average molecular weight is 614 g/mol. The minimum absolute atomic E-state index is 0.908. The Morgan fingerprint density at radius 3 is 1.38 bits per heavy atom. The van der Waals surface area contributed by atoms with Crippen LogP contribution in [0.3, 0.4) is 0 Å². The summed E-state index contributed by atoms with van der Waals surface area (Å²) < 4.78 is 6.73. The number of rotatable bonds is 6. The summed E-state index contributed by atoms with van der Waals surface area (Å²) >= 11 is 0. The number of benzene rings is 8. The van der Waals surface area contributed by atoms with Gasteiger partial charge in [-0.2, -0.15) is 0 Å². The minimum atomic E-state index is 0.908. The quantitative estimate of drug-likeness (QED) is 0.185. The van der Waals surface area contributed by atoms with Gasteiger partial charge in [0.1, 0.15) is 11.2 Å². The molecule has 0 unspecified atom stereocenters. The van der Waals surface area contributed by atoms with Gasteiger partial charge < -0.3 is 9.32 Å². The number of hydrogen-bond acceptors (Lipinski definition) is 2. The average Bonchev–Trinajstić information content (AvgIpc) is 3.56. The van der Waals surface area contributed by atoms with Gasteiger partial charge in [0.25, 0.3) is 0 Å². The van der Waals surface area contributed by atoms with Gasteiger partial charge in [-0.25, -0.2) is 0 Å². The lowest BCUT2D eigenvalue weighted by atomic mass is 9.99. The maximum absolute atomic E-state index is 6.73. The van der Waals surface area contributed by atoms with Crippen LogP contribution in [0.4, 0.5) is 17.1 Å². The monoisotopic (exact) mass is 613 g/mol. The van der Waals surface area contributed by atoms with Gasteiger partial charge in [-0.05, 0) is 58.0 Å². The molecular formula is C46H31NO. The first-order chi connectivity index (χ1) is 23.8. The van der Waals surface area contributed by atoms with Gasteiger partial charge in [0.05, 0.1) is 5.69 Å². The van der Waals surface area contributed by atoms with E-state index >= 15 is 0 Å². The van der Waals surface area contributed by atoms with Crippen molar-refractivity contribution in [2.24, 2.45) is 0 Å². The smallest absolute Gasteiger partial charge is 0.143 e. The summed E-state index contributed by atoms with van der Waals surface area (Å²) in [6.45, 7) is 0. The van der Waals surface area contributed by atoms with E-state index in [-0.39, 0.29) is 0 Å². The van der Waals surface area contributed by atoms with Crippen LogP contribution in [0.2, 0.25) is 0 Å². The SMILES string of the molecule is c1ccc(-c2ccc(N(c3ccc(-c4cccc5c4oc4c(-c6ccccc6)cccc45)cc3)c3cccc4ccccc34)cc2)cc1. The Morgan fingerprint density at radius 2 is 0.750 bits per heavy atom. The third-order valence-electron chi connectivity index (χ3n) is 9.29. The van der Waals surface area contributed by atoms with Gasteiger partial charge in [-0.15, -0.1) is 0 Å². The van der Waals surface area contributed by atoms with Crippen molar-refractivity contribution >= 4 is 49.8 Å². The fourth-order valence-electron chi connectivity index (χ4n) is 6.95. The Kier molecular flexibility index (Phi) is 6.84. The Morgan fingerprint density at radius 1 is 0.312 bits per heavy atom. The standard InChI is InChI=1S/C46H31NO/c1-3-12-32(13-4-1)33-24-28-37(29-25-33)47(44-23-9-17-34-16-7-8-18-39(34)44)38-30-26-36(27-31-38)41-20-11-22-43-42-21-10-19-40(45(42)48-46(41)43)35-14-5-2-6-15-35/h1-31H. The fourth-order valence-corrected chi connectivity index (χ4v) is 6.95. The summed E-state index contributed by atoms with van der Waals surface area (Å²) in [5.74, 6) is 0. The van der Waals surface area contributed by atoms with E-state index in [0.717, 1.165) is 61.3 Å². The molecule has 0 saturated heterocycles. The minimum Gasteiger partial charge on any atom is -0.455 e. The molecule has 9 aromatic rings. The first-order valence-electron chi connectivity index (χ1n) is 16.4. The Bertz CT molecular complexity index is 2530. The lowest BCUT2D eigenvalue weighted by Crippen LogP contribution is -2.10. The molecule has 0 N–H and O–H groups in total. The fraction of sp³-hybridized carbons (Fsp3) is 0. The van der Waals surface area contributed by atoms with E-state index in [1.165, 1.54) is 21.9 Å². The number of nitrogens with zero attached hydrogens (tertiary/aromatic N) is 1. The third-order valence-corrected chi connectivity index (χ3v) is 9.29. The molecule has 226 valence electrons. The van der Waals surface area contributed by atoms with Crippen LogP contribution in [-0.2, 0) is 0 Å². The molecular weight excluding hydrogens is 583 g/mol. The second kappa shape index (κ2) is 11.8. The molecule has 0 saturated carbocycles. The molecule has 2 heteroatoms. The van der Waals surface area contributed by atoms with Gasteiger partial charge in [0.15, 0.2) is 0 Å². The van der Waals surface area contributed by atoms with Crippen LogP contribution in [-0.4, -0.2) is 0 Å². The van der Waals surface area contributed by atoms with E-state index < -0.39 is 0 Å². The van der Waals surface area contributed by atoms with Crippen molar-refractivity contribution in [3.05, 3.63) is 188 Å². The highest BCUT2D eigenvalue weighted by atomic mass is 16.3. The summed E-state index contributed by atoms with van der Waals surface area (Å²) in [5, 5.41) is 4.67. The topological polar surface area (TPSA) is 16.4 Å². The van der Waals surface area contributed by atoms with E-state index in [1.54, 1.807) is 0 Å². The van der Waals surface area contributed by atoms with Crippen molar-refractivity contribution in [3.63, 3.8) is 0 Å². The maximum atomic E-state index is 6.73. The molecule has 0 aliphatic heterocycles. The Balaban J connectivity index is 1.16. The first kappa shape index (κ1) is 27.9. The van der Waals surface area contributed by atoms with E-state index in [1.807, 2.05) is 6.07 Å². The summed E-state index contributed by atoms with van der Waals surface area (Å²) in [6, 6.07) is 66.7. The molecule has 0 fully saturated rings. The van der Waals surface area contributed by atoms with Crippen molar-refractivity contribution in [1.82, 2.24) is 0 Å². The summed E-state index contributed by atoms with van der Waals surface area (Å²) in [5.41, 5.74) is 12.0. The third kappa shape index (κ3) is 4.83. The highest BCUT2D eigenvalue weighted by molar-refractivity contribution is 6.13. The molecule has 0 radical (unpaired) electrons.